The van der Waals surface area contributed by atoms with Crippen LogP contribution in [-0.2, 0) is 0 Å². The van der Waals surface area contributed by atoms with Gasteiger partial charge >= 0.3 is 0 Å². The van der Waals surface area contributed by atoms with Crippen molar-refractivity contribution in [3.8, 4) is 5.69 Å². The van der Waals surface area contributed by atoms with Gasteiger partial charge in [-0.2, -0.15) is 5.10 Å². The van der Waals surface area contributed by atoms with E-state index in [-0.39, 0.29) is 11.9 Å². The van der Waals surface area contributed by atoms with Crippen molar-refractivity contribution in [2.75, 3.05) is 6.54 Å². The van der Waals surface area contributed by atoms with Crippen LogP contribution in [0.25, 0.3) is 5.69 Å². The van der Waals surface area contributed by atoms with E-state index in [1.165, 1.54) is 0 Å². The second kappa shape index (κ2) is 7.07. The van der Waals surface area contributed by atoms with Gasteiger partial charge in [0.1, 0.15) is 0 Å². The average molecular weight is 365 g/mol. The molecule has 5 nitrogen and oxygen atoms in total. The Balaban J connectivity index is 2.10. The molecule has 0 saturated carbocycles. The van der Waals surface area contributed by atoms with Crippen LogP contribution >= 0.6 is 15.9 Å². The predicted octanol–water partition coefficient (Wildman–Crippen LogP) is 2.72. The van der Waals surface area contributed by atoms with Crippen molar-refractivity contribution in [2.24, 2.45) is 5.73 Å². The summed E-state index contributed by atoms with van der Waals surface area (Å²) in [6.45, 7) is 6.46. The zero-order valence-corrected chi connectivity index (χ0v) is 14.6. The van der Waals surface area contributed by atoms with Crippen molar-refractivity contribution in [3.05, 3.63) is 45.7 Å². The van der Waals surface area contributed by atoms with E-state index in [0.29, 0.717) is 12.1 Å². The highest BCUT2D eigenvalue weighted by Gasteiger charge is 2.11. The summed E-state index contributed by atoms with van der Waals surface area (Å²) in [5.74, 6) is -0.0817. The third-order valence-electron chi connectivity index (χ3n) is 3.46. The van der Waals surface area contributed by atoms with Gasteiger partial charge in [0.2, 0.25) is 0 Å². The fourth-order valence-corrected chi connectivity index (χ4v) is 2.39. The van der Waals surface area contributed by atoms with Crippen LogP contribution in [-0.4, -0.2) is 28.3 Å². The Morgan fingerprint density at radius 2 is 2.00 bits per heavy atom. The second-order valence-electron chi connectivity index (χ2n) is 5.47. The molecule has 22 heavy (non-hydrogen) atoms. The molecule has 6 heteroatoms. The van der Waals surface area contributed by atoms with Gasteiger partial charge in [-0.05, 0) is 67.4 Å². The molecule has 0 fully saturated rings. The molecule has 3 N–H and O–H groups in total. The Morgan fingerprint density at radius 3 is 2.50 bits per heavy atom. The summed E-state index contributed by atoms with van der Waals surface area (Å²) in [6, 6.07) is 7.49. The van der Waals surface area contributed by atoms with E-state index in [9.17, 15) is 4.79 Å². The van der Waals surface area contributed by atoms with Crippen molar-refractivity contribution in [1.29, 1.82) is 0 Å². The lowest BCUT2D eigenvalue weighted by Gasteiger charge is -2.08. The lowest BCUT2D eigenvalue weighted by molar-refractivity contribution is 0.0953. The van der Waals surface area contributed by atoms with E-state index in [4.69, 9.17) is 5.73 Å². The molecule has 1 amide bonds. The molecule has 1 aromatic heterocycles. The number of halogens is 1. The van der Waals surface area contributed by atoms with Crippen LogP contribution in [0.4, 0.5) is 0 Å². The molecule has 0 saturated heterocycles. The maximum atomic E-state index is 12.0. The second-order valence-corrected chi connectivity index (χ2v) is 6.26. The quantitative estimate of drug-likeness (QED) is 0.856. The molecule has 0 aliphatic heterocycles. The standard InChI is InChI=1S/C16H21BrN4O/c1-10(18)8-9-19-16(22)13-4-6-14(7-5-13)21-12(3)15(17)11(2)20-21/h4-7,10H,8-9,18H2,1-3H3,(H,19,22). The van der Waals surface area contributed by atoms with Gasteiger partial charge in [-0.3, -0.25) is 4.79 Å². The Bertz CT molecular complexity index is 662. The average Bonchev–Trinajstić information content (AvgIpc) is 2.74. The minimum absolute atomic E-state index is 0.0817. The first-order valence-corrected chi connectivity index (χ1v) is 8.05. The number of hydrogen-bond donors (Lipinski definition) is 2. The number of carbonyl (C=O) groups excluding carboxylic acids is 1. The number of benzene rings is 1. The number of aryl methyl sites for hydroxylation is 1. The molecular weight excluding hydrogens is 344 g/mol. The molecule has 2 aromatic rings. The molecular formula is C16H21BrN4O. The van der Waals surface area contributed by atoms with Gasteiger partial charge in [0.05, 0.1) is 21.5 Å². The van der Waals surface area contributed by atoms with E-state index in [1.54, 1.807) is 12.1 Å². The van der Waals surface area contributed by atoms with Gasteiger partial charge in [0.15, 0.2) is 0 Å². The fraction of sp³-hybridized carbons (Fsp3) is 0.375. The number of nitrogens with one attached hydrogen (secondary N) is 1. The largest absolute Gasteiger partial charge is 0.352 e. The maximum absolute atomic E-state index is 12.0. The van der Waals surface area contributed by atoms with Gasteiger partial charge in [-0.1, -0.05) is 0 Å². The fourth-order valence-electron chi connectivity index (χ4n) is 2.14. The van der Waals surface area contributed by atoms with E-state index in [0.717, 1.165) is 28.0 Å². The van der Waals surface area contributed by atoms with Gasteiger partial charge in [0.25, 0.3) is 5.91 Å². The summed E-state index contributed by atoms with van der Waals surface area (Å²) in [5, 5.41) is 7.34. The molecule has 1 atom stereocenters. The normalized spacial score (nSPS) is 12.2. The molecule has 0 radical (unpaired) electrons. The van der Waals surface area contributed by atoms with Gasteiger partial charge in [0, 0.05) is 18.2 Å². The molecule has 118 valence electrons. The monoisotopic (exact) mass is 364 g/mol. The van der Waals surface area contributed by atoms with Crippen LogP contribution in [0.2, 0.25) is 0 Å². The van der Waals surface area contributed by atoms with Crippen LogP contribution in [0.3, 0.4) is 0 Å². The minimum Gasteiger partial charge on any atom is -0.352 e. The Labute approximate surface area is 139 Å². The van der Waals surface area contributed by atoms with Crippen molar-refractivity contribution in [1.82, 2.24) is 15.1 Å². The highest BCUT2D eigenvalue weighted by molar-refractivity contribution is 9.10. The Hall–Kier alpha value is -1.66. The summed E-state index contributed by atoms with van der Waals surface area (Å²) in [7, 11) is 0. The molecule has 0 aliphatic rings. The number of nitrogens with two attached hydrogens (primary N) is 1. The number of rotatable bonds is 5. The Kier molecular flexibility index (Phi) is 5.37. The predicted molar refractivity (Wildman–Crippen MR) is 91.3 cm³/mol. The molecule has 1 unspecified atom stereocenters. The highest BCUT2D eigenvalue weighted by Crippen LogP contribution is 2.23. The van der Waals surface area contributed by atoms with Gasteiger partial charge < -0.3 is 11.1 Å². The smallest absolute Gasteiger partial charge is 0.251 e. The van der Waals surface area contributed by atoms with E-state index in [2.05, 4.69) is 26.3 Å². The zero-order valence-electron chi connectivity index (χ0n) is 13.1. The van der Waals surface area contributed by atoms with Crippen molar-refractivity contribution >= 4 is 21.8 Å². The third-order valence-corrected chi connectivity index (χ3v) is 4.61. The van der Waals surface area contributed by atoms with Crippen molar-refractivity contribution < 1.29 is 4.79 Å². The number of nitrogens with zero attached hydrogens (tertiary/aromatic N) is 2. The number of carbonyl (C=O) groups is 1. The lowest BCUT2D eigenvalue weighted by atomic mass is 10.2. The van der Waals surface area contributed by atoms with E-state index >= 15 is 0 Å². The summed E-state index contributed by atoms with van der Waals surface area (Å²) >= 11 is 3.52. The summed E-state index contributed by atoms with van der Waals surface area (Å²) in [4.78, 5) is 12.0. The summed E-state index contributed by atoms with van der Waals surface area (Å²) < 4.78 is 2.86. The van der Waals surface area contributed by atoms with Crippen LogP contribution in [0.1, 0.15) is 35.1 Å². The topological polar surface area (TPSA) is 72.9 Å². The summed E-state index contributed by atoms with van der Waals surface area (Å²) in [6.07, 6.45) is 0.767. The number of amides is 1. The first kappa shape index (κ1) is 16.7. The SMILES string of the molecule is Cc1nn(-c2ccc(C(=O)NCCC(C)N)cc2)c(C)c1Br. The first-order chi connectivity index (χ1) is 10.4. The maximum Gasteiger partial charge on any atom is 0.251 e. The molecule has 2 rings (SSSR count). The molecule has 0 bridgehead atoms. The number of aromatic nitrogens is 2. The molecule has 1 aromatic carbocycles. The first-order valence-electron chi connectivity index (χ1n) is 7.26. The third kappa shape index (κ3) is 3.75. The molecule has 0 spiro atoms. The van der Waals surface area contributed by atoms with Crippen molar-refractivity contribution in [3.63, 3.8) is 0 Å². The minimum atomic E-state index is -0.0817. The summed E-state index contributed by atoms with van der Waals surface area (Å²) in [5.41, 5.74) is 9.20. The van der Waals surface area contributed by atoms with Gasteiger partial charge in [-0.25, -0.2) is 4.68 Å². The van der Waals surface area contributed by atoms with Crippen LogP contribution in [0, 0.1) is 13.8 Å². The highest BCUT2D eigenvalue weighted by atomic mass is 79.9. The number of hydrogen-bond acceptors (Lipinski definition) is 3. The van der Waals surface area contributed by atoms with Crippen molar-refractivity contribution in [2.45, 2.75) is 33.2 Å². The zero-order chi connectivity index (χ0) is 16.3. The van der Waals surface area contributed by atoms with E-state index in [1.807, 2.05) is 37.6 Å². The van der Waals surface area contributed by atoms with Gasteiger partial charge in [-0.15, -0.1) is 0 Å². The lowest BCUT2D eigenvalue weighted by Crippen LogP contribution is -2.28. The Morgan fingerprint density at radius 1 is 1.36 bits per heavy atom. The van der Waals surface area contributed by atoms with Crippen LogP contribution < -0.4 is 11.1 Å². The molecule has 1 heterocycles. The molecule has 0 aliphatic carbocycles. The van der Waals surface area contributed by atoms with E-state index < -0.39 is 0 Å². The van der Waals surface area contributed by atoms with Crippen LogP contribution in [0.5, 0.6) is 0 Å². The van der Waals surface area contributed by atoms with Crippen LogP contribution in [0.15, 0.2) is 28.7 Å².